The topological polar surface area (TPSA) is 95.7 Å². The Kier molecular flexibility index (Phi) is 3.72. The first kappa shape index (κ1) is 15.4. The van der Waals surface area contributed by atoms with E-state index in [1.165, 1.54) is 18.3 Å². The Morgan fingerprint density at radius 2 is 2.12 bits per heavy atom. The number of aryl methyl sites for hydroxylation is 1. The number of nitrogens with one attached hydrogen (secondary N) is 1. The summed E-state index contributed by atoms with van der Waals surface area (Å²) in [6, 6.07) is 6.89. The van der Waals surface area contributed by atoms with Crippen molar-refractivity contribution in [1.82, 2.24) is 24.9 Å². The van der Waals surface area contributed by atoms with Gasteiger partial charge in [-0.1, -0.05) is 0 Å². The highest BCUT2D eigenvalue weighted by Gasteiger charge is 2.26. The third-order valence-electron chi connectivity index (χ3n) is 4.35. The second-order valence-electron chi connectivity index (χ2n) is 6.17. The molecule has 4 rings (SSSR count). The predicted molar refractivity (Wildman–Crippen MR) is 91.7 cm³/mol. The number of aromatic hydroxyl groups is 1. The number of hydrogen-bond donors (Lipinski definition) is 2. The molecule has 0 bridgehead atoms. The second kappa shape index (κ2) is 6.04. The molecule has 3 aromatic heterocycles. The summed E-state index contributed by atoms with van der Waals surface area (Å²) in [5.74, 6) is 0.675. The van der Waals surface area contributed by atoms with E-state index in [-0.39, 0.29) is 17.7 Å². The highest BCUT2D eigenvalue weighted by Crippen LogP contribution is 2.19. The van der Waals surface area contributed by atoms with Gasteiger partial charge in [0, 0.05) is 19.1 Å². The zero-order valence-electron chi connectivity index (χ0n) is 13.8. The number of nitrogens with zero attached hydrogens (tertiary/aromatic N) is 5. The standard InChI is InChI=1S/C17H18N6O2/c1-11-8-19-15-4-5-16(21-23(11)15)22-7-6-12(10-22)20-17(25)14-3-2-13(24)9-18-14/h2-5,8-9,12,24H,6-7,10H2,1H3,(H,20,25)/t12-/m0/s1. The fraction of sp³-hybridized carbons (Fsp3) is 0.294. The van der Waals surface area contributed by atoms with Crippen LogP contribution in [0.15, 0.2) is 36.7 Å². The number of amides is 1. The number of hydrogen-bond acceptors (Lipinski definition) is 6. The van der Waals surface area contributed by atoms with Gasteiger partial charge in [0.2, 0.25) is 0 Å². The van der Waals surface area contributed by atoms with E-state index in [9.17, 15) is 9.90 Å². The van der Waals surface area contributed by atoms with Crippen LogP contribution in [0.1, 0.15) is 22.6 Å². The molecule has 8 nitrogen and oxygen atoms in total. The molecule has 0 aliphatic carbocycles. The molecule has 0 saturated carbocycles. The Hall–Kier alpha value is -3.16. The van der Waals surface area contributed by atoms with E-state index in [4.69, 9.17) is 0 Å². The molecule has 1 saturated heterocycles. The lowest BCUT2D eigenvalue weighted by atomic mass is 10.2. The quantitative estimate of drug-likeness (QED) is 0.744. The molecule has 4 heterocycles. The first-order valence-electron chi connectivity index (χ1n) is 8.12. The number of anilines is 1. The fourth-order valence-corrected chi connectivity index (χ4v) is 3.01. The van der Waals surface area contributed by atoms with E-state index in [0.29, 0.717) is 12.2 Å². The normalized spacial score (nSPS) is 17.2. The highest BCUT2D eigenvalue weighted by atomic mass is 16.3. The van der Waals surface area contributed by atoms with E-state index in [1.54, 1.807) is 6.20 Å². The van der Waals surface area contributed by atoms with Crippen molar-refractivity contribution in [1.29, 1.82) is 0 Å². The van der Waals surface area contributed by atoms with Crippen LogP contribution < -0.4 is 10.2 Å². The largest absolute Gasteiger partial charge is 0.506 e. The van der Waals surface area contributed by atoms with E-state index >= 15 is 0 Å². The first-order valence-corrected chi connectivity index (χ1v) is 8.12. The lowest BCUT2D eigenvalue weighted by molar-refractivity contribution is 0.0935. The number of rotatable bonds is 3. The number of imidazole rings is 1. The highest BCUT2D eigenvalue weighted by molar-refractivity contribution is 5.92. The van der Waals surface area contributed by atoms with Crippen LogP contribution in [0.2, 0.25) is 0 Å². The summed E-state index contributed by atoms with van der Waals surface area (Å²) in [6.07, 6.45) is 3.90. The van der Waals surface area contributed by atoms with Gasteiger partial charge in [0.15, 0.2) is 5.65 Å². The maximum absolute atomic E-state index is 12.2. The number of carbonyl (C=O) groups is 1. The van der Waals surface area contributed by atoms with Gasteiger partial charge in [-0.2, -0.15) is 0 Å². The molecule has 3 aromatic rings. The molecule has 8 heteroatoms. The summed E-state index contributed by atoms with van der Waals surface area (Å²) in [5.41, 5.74) is 2.10. The Morgan fingerprint density at radius 1 is 1.24 bits per heavy atom. The summed E-state index contributed by atoms with van der Waals surface area (Å²) >= 11 is 0. The van der Waals surface area contributed by atoms with Gasteiger partial charge in [-0.05, 0) is 37.6 Å². The van der Waals surface area contributed by atoms with Crippen LogP contribution in [0.25, 0.3) is 5.65 Å². The minimum absolute atomic E-state index is 0.0319. The summed E-state index contributed by atoms with van der Waals surface area (Å²) in [6.45, 7) is 3.48. The maximum Gasteiger partial charge on any atom is 0.270 e. The zero-order chi connectivity index (χ0) is 17.4. The molecule has 0 aromatic carbocycles. The smallest absolute Gasteiger partial charge is 0.270 e. The van der Waals surface area contributed by atoms with Crippen molar-refractivity contribution >= 4 is 17.4 Å². The molecule has 1 aliphatic heterocycles. The number of pyridine rings is 1. The number of fused-ring (bicyclic) bond motifs is 1. The maximum atomic E-state index is 12.2. The van der Waals surface area contributed by atoms with Crippen LogP contribution >= 0.6 is 0 Å². The third kappa shape index (κ3) is 2.98. The van der Waals surface area contributed by atoms with Gasteiger partial charge >= 0.3 is 0 Å². The lowest BCUT2D eigenvalue weighted by Gasteiger charge is -2.18. The lowest BCUT2D eigenvalue weighted by Crippen LogP contribution is -2.37. The second-order valence-corrected chi connectivity index (χ2v) is 6.17. The van der Waals surface area contributed by atoms with Crippen LogP contribution in [-0.4, -0.2) is 49.7 Å². The van der Waals surface area contributed by atoms with Crippen molar-refractivity contribution in [3.05, 3.63) is 48.0 Å². The summed E-state index contributed by atoms with van der Waals surface area (Å²) in [5, 5.41) is 16.9. The van der Waals surface area contributed by atoms with Crippen molar-refractivity contribution in [3.8, 4) is 5.75 Å². The van der Waals surface area contributed by atoms with Crippen LogP contribution in [0.3, 0.4) is 0 Å². The average molecular weight is 338 g/mol. The first-order chi connectivity index (χ1) is 12.1. The minimum Gasteiger partial charge on any atom is -0.506 e. The molecule has 128 valence electrons. The SMILES string of the molecule is Cc1cnc2ccc(N3CC[C@H](NC(=O)c4ccc(O)cn4)C3)nn12. The predicted octanol–water partition coefficient (Wildman–Crippen LogP) is 1.15. The van der Waals surface area contributed by atoms with Crippen molar-refractivity contribution < 1.29 is 9.90 Å². The molecule has 0 radical (unpaired) electrons. The summed E-state index contributed by atoms with van der Waals surface area (Å²) in [7, 11) is 0. The molecule has 0 unspecified atom stereocenters. The van der Waals surface area contributed by atoms with E-state index in [1.807, 2.05) is 23.6 Å². The van der Waals surface area contributed by atoms with Crippen molar-refractivity contribution in [2.24, 2.45) is 0 Å². The van der Waals surface area contributed by atoms with Gasteiger partial charge in [-0.25, -0.2) is 14.5 Å². The van der Waals surface area contributed by atoms with Crippen molar-refractivity contribution in [3.63, 3.8) is 0 Å². The molecular formula is C17H18N6O2. The molecule has 1 amide bonds. The average Bonchev–Trinajstić information content (AvgIpc) is 3.22. The molecule has 25 heavy (non-hydrogen) atoms. The van der Waals surface area contributed by atoms with E-state index in [0.717, 1.165) is 30.1 Å². The monoisotopic (exact) mass is 338 g/mol. The van der Waals surface area contributed by atoms with Gasteiger partial charge < -0.3 is 15.3 Å². The Morgan fingerprint density at radius 3 is 2.92 bits per heavy atom. The van der Waals surface area contributed by atoms with E-state index in [2.05, 4.69) is 25.3 Å². The Balaban J connectivity index is 1.44. The van der Waals surface area contributed by atoms with Crippen LogP contribution in [0, 0.1) is 6.92 Å². The molecular weight excluding hydrogens is 320 g/mol. The zero-order valence-corrected chi connectivity index (χ0v) is 13.8. The van der Waals surface area contributed by atoms with E-state index < -0.39 is 0 Å². The molecule has 0 spiro atoms. The van der Waals surface area contributed by atoms with Crippen molar-refractivity contribution in [2.75, 3.05) is 18.0 Å². The van der Waals surface area contributed by atoms with Gasteiger partial charge in [-0.3, -0.25) is 4.79 Å². The van der Waals surface area contributed by atoms with Gasteiger partial charge in [0.05, 0.1) is 18.1 Å². The Bertz CT molecular complexity index is 921. The molecule has 1 fully saturated rings. The van der Waals surface area contributed by atoms with Crippen LogP contribution in [0.5, 0.6) is 5.75 Å². The number of aromatic nitrogens is 4. The summed E-state index contributed by atoms with van der Waals surface area (Å²) in [4.78, 5) is 22.6. The van der Waals surface area contributed by atoms with Crippen molar-refractivity contribution in [2.45, 2.75) is 19.4 Å². The summed E-state index contributed by atoms with van der Waals surface area (Å²) < 4.78 is 1.82. The Labute approximate surface area is 144 Å². The number of carbonyl (C=O) groups excluding carboxylic acids is 1. The fourth-order valence-electron chi connectivity index (χ4n) is 3.01. The van der Waals surface area contributed by atoms with Crippen LogP contribution in [-0.2, 0) is 0 Å². The van der Waals surface area contributed by atoms with Gasteiger partial charge in [0.25, 0.3) is 5.91 Å². The molecule has 1 aliphatic rings. The third-order valence-corrected chi connectivity index (χ3v) is 4.35. The minimum atomic E-state index is -0.235. The van der Waals surface area contributed by atoms with Gasteiger partial charge in [-0.15, -0.1) is 5.10 Å². The molecule has 1 atom stereocenters. The van der Waals surface area contributed by atoms with Crippen LogP contribution in [0.4, 0.5) is 5.82 Å². The van der Waals surface area contributed by atoms with Gasteiger partial charge in [0.1, 0.15) is 17.3 Å². The molecule has 2 N–H and O–H groups in total.